The molecule has 4 rings (SSSR count). The number of aromatic nitrogens is 1. The van der Waals surface area contributed by atoms with Gasteiger partial charge in [-0.3, -0.25) is 9.88 Å². The van der Waals surface area contributed by atoms with Gasteiger partial charge in [0.15, 0.2) is 0 Å². The van der Waals surface area contributed by atoms with Gasteiger partial charge < -0.3 is 9.47 Å². The van der Waals surface area contributed by atoms with Crippen molar-refractivity contribution in [2.45, 2.75) is 32.1 Å². The molecule has 1 fully saturated rings. The number of benzene rings is 2. The first-order valence-corrected chi connectivity index (χ1v) is 10.7. The average Bonchev–Trinajstić information content (AvgIpc) is 2.78. The fraction of sp³-hybridized carbons (Fsp3) is 0.269. The molecule has 0 spiro atoms. The molecule has 0 saturated carbocycles. The van der Waals surface area contributed by atoms with Crippen molar-refractivity contribution in [3.05, 3.63) is 101 Å². The average molecular weight is 431 g/mol. The highest BCUT2D eigenvalue weighted by Crippen LogP contribution is 2.33. The SMILES string of the molecule is CC(C)OC(=O)c1cncc(C(=O)OC2CN(C(c3ccccc3)c3ccccc3)C2)c1. The number of rotatable bonds is 7. The highest BCUT2D eigenvalue weighted by molar-refractivity contribution is 5.94. The third-order valence-corrected chi connectivity index (χ3v) is 5.30. The standard InChI is InChI=1S/C26H26N2O4/c1-18(2)31-25(29)21-13-22(15-27-14-21)26(30)32-23-16-28(17-23)24(19-9-5-3-6-10-19)20-11-7-4-8-12-20/h3-15,18,23-24H,16-17H2,1-2H3. The first-order valence-electron chi connectivity index (χ1n) is 10.7. The fourth-order valence-corrected chi connectivity index (χ4v) is 3.80. The zero-order chi connectivity index (χ0) is 22.5. The van der Waals surface area contributed by atoms with Crippen molar-refractivity contribution < 1.29 is 19.1 Å². The number of likely N-dealkylation sites (tertiary alicyclic amines) is 1. The van der Waals surface area contributed by atoms with Gasteiger partial charge in [-0.1, -0.05) is 60.7 Å². The zero-order valence-corrected chi connectivity index (χ0v) is 18.2. The lowest BCUT2D eigenvalue weighted by atomic mass is 9.94. The first kappa shape index (κ1) is 21.7. The second kappa shape index (κ2) is 9.75. The van der Waals surface area contributed by atoms with Crippen LogP contribution in [0.1, 0.15) is 51.7 Å². The number of carbonyl (C=O) groups excluding carboxylic acids is 2. The molecule has 2 aromatic carbocycles. The predicted molar refractivity (Wildman–Crippen MR) is 120 cm³/mol. The Labute approximate surface area is 187 Å². The van der Waals surface area contributed by atoms with Crippen molar-refractivity contribution in [2.24, 2.45) is 0 Å². The number of esters is 2. The van der Waals surface area contributed by atoms with E-state index in [1.165, 1.54) is 29.6 Å². The van der Waals surface area contributed by atoms with Crippen molar-refractivity contribution in [1.82, 2.24) is 9.88 Å². The maximum Gasteiger partial charge on any atom is 0.340 e. The molecule has 3 aromatic rings. The van der Waals surface area contributed by atoms with Crippen LogP contribution in [0.5, 0.6) is 0 Å². The van der Waals surface area contributed by atoms with Crippen molar-refractivity contribution in [3.8, 4) is 0 Å². The van der Waals surface area contributed by atoms with E-state index in [0.717, 1.165) is 0 Å². The molecule has 0 N–H and O–H groups in total. The van der Waals surface area contributed by atoms with Gasteiger partial charge in [-0.15, -0.1) is 0 Å². The molecular formula is C26H26N2O4. The summed E-state index contributed by atoms with van der Waals surface area (Å²) < 4.78 is 10.8. The second-order valence-electron chi connectivity index (χ2n) is 8.12. The van der Waals surface area contributed by atoms with E-state index in [4.69, 9.17) is 9.47 Å². The number of ether oxygens (including phenoxy) is 2. The predicted octanol–water partition coefficient (Wildman–Crippen LogP) is 4.28. The molecule has 0 unspecified atom stereocenters. The smallest absolute Gasteiger partial charge is 0.340 e. The van der Waals surface area contributed by atoms with Gasteiger partial charge in [0.05, 0.1) is 23.3 Å². The first-order chi connectivity index (χ1) is 15.5. The Bertz CT molecular complexity index is 1020. The molecule has 6 nitrogen and oxygen atoms in total. The summed E-state index contributed by atoms with van der Waals surface area (Å²) >= 11 is 0. The summed E-state index contributed by atoms with van der Waals surface area (Å²) in [6.45, 7) is 4.79. The Kier molecular flexibility index (Phi) is 6.61. The van der Waals surface area contributed by atoms with Crippen LogP contribution < -0.4 is 0 Å². The number of pyridine rings is 1. The van der Waals surface area contributed by atoms with Crippen molar-refractivity contribution in [3.63, 3.8) is 0 Å². The Morgan fingerprint density at radius 3 is 1.94 bits per heavy atom. The number of hydrogen-bond acceptors (Lipinski definition) is 6. The Hall–Kier alpha value is -3.51. The van der Waals surface area contributed by atoms with E-state index < -0.39 is 11.9 Å². The van der Waals surface area contributed by atoms with Crippen molar-refractivity contribution in [1.29, 1.82) is 0 Å². The van der Waals surface area contributed by atoms with Crippen LogP contribution in [0.2, 0.25) is 0 Å². The second-order valence-corrected chi connectivity index (χ2v) is 8.12. The Morgan fingerprint density at radius 1 is 0.875 bits per heavy atom. The van der Waals surface area contributed by atoms with Crippen LogP contribution in [-0.2, 0) is 9.47 Å². The van der Waals surface area contributed by atoms with E-state index >= 15 is 0 Å². The molecule has 32 heavy (non-hydrogen) atoms. The molecule has 6 heteroatoms. The lowest BCUT2D eigenvalue weighted by Crippen LogP contribution is -2.54. The molecule has 0 bridgehead atoms. The maximum absolute atomic E-state index is 12.6. The van der Waals surface area contributed by atoms with Gasteiger partial charge in [0.2, 0.25) is 0 Å². The Morgan fingerprint density at radius 2 is 1.41 bits per heavy atom. The topological polar surface area (TPSA) is 68.7 Å². The largest absolute Gasteiger partial charge is 0.459 e. The van der Waals surface area contributed by atoms with E-state index in [0.29, 0.717) is 13.1 Å². The molecule has 164 valence electrons. The quantitative estimate of drug-likeness (QED) is 0.521. The van der Waals surface area contributed by atoms with Gasteiger partial charge in [-0.2, -0.15) is 0 Å². The zero-order valence-electron chi connectivity index (χ0n) is 18.2. The minimum atomic E-state index is -0.509. The van der Waals surface area contributed by atoms with E-state index in [-0.39, 0.29) is 29.4 Å². The molecule has 1 aliphatic rings. The van der Waals surface area contributed by atoms with E-state index in [9.17, 15) is 9.59 Å². The highest BCUT2D eigenvalue weighted by atomic mass is 16.5. The summed E-state index contributed by atoms with van der Waals surface area (Å²) in [7, 11) is 0. The van der Waals surface area contributed by atoms with E-state index in [1.807, 2.05) is 36.4 Å². The van der Waals surface area contributed by atoms with Gasteiger partial charge in [0, 0.05) is 25.5 Å². The summed E-state index contributed by atoms with van der Waals surface area (Å²) in [6, 6.07) is 22.2. The maximum atomic E-state index is 12.6. The summed E-state index contributed by atoms with van der Waals surface area (Å²) in [6.07, 6.45) is 2.32. The van der Waals surface area contributed by atoms with Crippen LogP contribution in [-0.4, -0.2) is 47.1 Å². The van der Waals surface area contributed by atoms with Crippen LogP contribution in [0.15, 0.2) is 79.1 Å². The number of nitrogens with zero attached hydrogens (tertiary/aromatic N) is 2. The van der Waals surface area contributed by atoms with E-state index in [2.05, 4.69) is 34.1 Å². The van der Waals surface area contributed by atoms with Gasteiger partial charge in [0.25, 0.3) is 0 Å². The molecule has 0 amide bonds. The summed E-state index contributed by atoms with van der Waals surface area (Å²) in [5.74, 6) is -0.997. The van der Waals surface area contributed by atoms with Crippen LogP contribution in [0.3, 0.4) is 0 Å². The lowest BCUT2D eigenvalue weighted by molar-refractivity contribution is -0.0419. The van der Waals surface area contributed by atoms with Crippen LogP contribution in [0.4, 0.5) is 0 Å². The van der Waals surface area contributed by atoms with Crippen molar-refractivity contribution in [2.75, 3.05) is 13.1 Å². The summed E-state index contributed by atoms with van der Waals surface area (Å²) in [5.41, 5.74) is 2.87. The molecule has 1 aromatic heterocycles. The van der Waals surface area contributed by atoms with Crippen molar-refractivity contribution >= 4 is 11.9 Å². The van der Waals surface area contributed by atoms with Crippen LogP contribution in [0, 0.1) is 0 Å². The van der Waals surface area contributed by atoms with Gasteiger partial charge in [0.1, 0.15) is 6.10 Å². The molecular weight excluding hydrogens is 404 g/mol. The fourth-order valence-electron chi connectivity index (χ4n) is 3.80. The number of carbonyl (C=O) groups is 2. The van der Waals surface area contributed by atoms with Crippen LogP contribution in [0.25, 0.3) is 0 Å². The normalized spacial score (nSPS) is 14.2. The Balaban J connectivity index is 1.41. The van der Waals surface area contributed by atoms with E-state index in [1.54, 1.807) is 13.8 Å². The minimum absolute atomic E-state index is 0.100. The molecule has 1 aliphatic heterocycles. The molecule has 2 heterocycles. The number of hydrogen-bond donors (Lipinski definition) is 0. The lowest BCUT2D eigenvalue weighted by Gasteiger charge is -2.44. The highest BCUT2D eigenvalue weighted by Gasteiger charge is 2.36. The molecule has 0 radical (unpaired) electrons. The summed E-state index contributed by atoms with van der Waals surface area (Å²) in [5, 5.41) is 0. The minimum Gasteiger partial charge on any atom is -0.459 e. The van der Waals surface area contributed by atoms with Gasteiger partial charge in [-0.05, 0) is 31.0 Å². The van der Waals surface area contributed by atoms with Gasteiger partial charge in [-0.25, -0.2) is 9.59 Å². The van der Waals surface area contributed by atoms with Crippen LogP contribution >= 0.6 is 0 Å². The third-order valence-electron chi connectivity index (χ3n) is 5.30. The summed E-state index contributed by atoms with van der Waals surface area (Å²) in [4.78, 5) is 31.0. The van der Waals surface area contributed by atoms with Gasteiger partial charge >= 0.3 is 11.9 Å². The molecule has 0 atom stereocenters. The molecule has 1 saturated heterocycles. The monoisotopic (exact) mass is 430 g/mol. The molecule has 0 aliphatic carbocycles. The third kappa shape index (κ3) is 5.03.